The fourth-order valence-corrected chi connectivity index (χ4v) is 3.02. The van der Waals surface area contributed by atoms with E-state index in [9.17, 15) is 0 Å². The number of aliphatic imine (C=N–C) groups is 1. The lowest BCUT2D eigenvalue weighted by molar-refractivity contribution is 0.267. The van der Waals surface area contributed by atoms with Gasteiger partial charge in [-0.3, -0.25) is 4.90 Å². The Bertz CT molecular complexity index is 536. The van der Waals surface area contributed by atoms with Crippen LogP contribution in [-0.4, -0.2) is 43.1 Å². The van der Waals surface area contributed by atoms with Crippen molar-refractivity contribution in [3.05, 3.63) is 29.8 Å². The number of guanidine groups is 1. The van der Waals surface area contributed by atoms with Crippen LogP contribution in [0.15, 0.2) is 29.3 Å². The van der Waals surface area contributed by atoms with Crippen LogP contribution < -0.4 is 15.8 Å². The smallest absolute Gasteiger partial charge is 0.188 e. The molecule has 1 unspecified atom stereocenters. The van der Waals surface area contributed by atoms with Gasteiger partial charge in [0.1, 0.15) is 5.75 Å². The zero-order valence-corrected chi connectivity index (χ0v) is 18.0. The molecule has 6 heteroatoms. The van der Waals surface area contributed by atoms with Gasteiger partial charge in [-0.1, -0.05) is 39.0 Å². The van der Waals surface area contributed by atoms with Gasteiger partial charge >= 0.3 is 0 Å². The van der Waals surface area contributed by atoms with Crippen LogP contribution in [0.2, 0.25) is 0 Å². The molecule has 1 atom stereocenters. The summed E-state index contributed by atoms with van der Waals surface area (Å²) in [4.78, 5) is 6.97. The van der Waals surface area contributed by atoms with Gasteiger partial charge in [0.2, 0.25) is 0 Å². The highest BCUT2D eigenvalue weighted by molar-refractivity contribution is 14.0. The van der Waals surface area contributed by atoms with Crippen molar-refractivity contribution in [2.45, 2.75) is 46.2 Å². The molecule has 0 aromatic heterocycles. The molecule has 0 radical (unpaired) electrons. The van der Waals surface area contributed by atoms with Crippen LogP contribution >= 0.6 is 24.0 Å². The van der Waals surface area contributed by atoms with Crippen LogP contribution in [0.5, 0.6) is 5.75 Å². The van der Waals surface area contributed by atoms with Crippen molar-refractivity contribution in [1.29, 1.82) is 0 Å². The molecule has 0 aliphatic carbocycles. The van der Waals surface area contributed by atoms with Crippen LogP contribution in [0.4, 0.5) is 0 Å². The zero-order chi connectivity index (χ0) is 17.4. The first-order valence-corrected chi connectivity index (χ1v) is 9.08. The topological polar surface area (TPSA) is 62.9 Å². The molecule has 2 rings (SSSR count). The first-order valence-electron chi connectivity index (χ1n) is 9.08. The number of hydrogen-bond acceptors (Lipinski definition) is 3. The zero-order valence-electron chi connectivity index (χ0n) is 15.7. The lowest BCUT2D eigenvalue weighted by Crippen LogP contribution is -2.42. The quantitative estimate of drug-likeness (QED) is 0.355. The minimum atomic E-state index is 0. The number of rotatable bonds is 8. The molecular weight excluding hydrogens is 427 g/mol. The fraction of sp³-hybridized carbons (Fsp3) is 0.632. The lowest BCUT2D eigenvalue weighted by atomic mass is 10.2. The second kappa shape index (κ2) is 11.6. The van der Waals surface area contributed by atoms with Gasteiger partial charge in [0.15, 0.2) is 5.96 Å². The molecule has 0 bridgehead atoms. The second-order valence-electron chi connectivity index (χ2n) is 6.82. The van der Waals surface area contributed by atoms with E-state index < -0.39 is 0 Å². The van der Waals surface area contributed by atoms with Crippen LogP contribution in [0.1, 0.15) is 39.2 Å². The normalized spacial score (nSPS) is 18.2. The standard InChI is InChI=1S/C19H32N4O.HI/c1-4-23-11-7-9-17(23)13-22-19(20)21-12-16-8-5-6-10-18(16)24-14-15(2)3;/h5-6,8,10,15,17H,4,7,9,11-14H2,1-3H3,(H3,20,21,22);1H. The summed E-state index contributed by atoms with van der Waals surface area (Å²) >= 11 is 0. The molecule has 1 heterocycles. The third-order valence-corrected chi connectivity index (χ3v) is 4.39. The van der Waals surface area contributed by atoms with Gasteiger partial charge in [-0.15, -0.1) is 24.0 Å². The lowest BCUT2D eigenvalue weighted by Gasteiger charge is -2.23. The maximum absolute atomic E-state index is 6.04. The van der Waals surface area contributed by atoms with E-state index in [2.05, 4.69) is 36.0 Å². The molecule has 25 heavy (non-hydrogen) atoms. The Labute approximate surface area is 169 Å². The highest BCUT2D eigenvalue weighted by atomic mass is 127. The third-order valence-electron chi connectivity index (χ3n) is 4.39. The summed E-state index contributed by atoms with van der Waals surface area (Å²) in [5.74, 6) is 1.91. The van der Waals surface area contributed by atoms with Crippen molar-refractivity contribution in [1.82, 2.24) is 10.2 Å². The Kier molecular flexibility index (Phi) is 10.2. The van der Waals surface area contributed by atoms with E-state index in [0.29, 0.717) is 31.1 Å². The van der Waals surface area contributed by atoms with E-state index in [1.54, 1.807) is 0 Å². The monoisotopic (exact) mass is 460 g/mol. The maximum Gasteiger partial charge on any atom is 0.188 e. The highest BCUT2D eigenvalue weighted by Crippen LogP contribution is 2.19. The van der Waals surface area contributed by atoms with Gasteiger partial charge in [0.05, 0.1) is 13.2 Å². The van der Waals surface area contributed by atoms with E-state index in [1.807, 2.05) is 24.3 Å². The fourth-order valence-electron chi connectivity index (χ4n) is 3.02. The van der Waals surface area contributed by atoms with Crippen LogP contribution in [0, 0.1) is 5.92 Å². The molecule has 1 aromatic carbocycles. The van der Waals surface area contributed by atoms with E-state index in [0.717, 1.165) is 24.4 Å². The van der Waals surface area contributed by atoms with Crippen LogP contribution in [-0.2, 0) is 6.54 Å². The molecule has 3 N–H and O–H groups in total. The average Bonchev–Trinajstić information content (AvgIpc) is 3.04. The van der Waals surface area contributed by atoms with Crippen molar-refractivity contribution in [2.24, 2.45) is 16.6 Å². The Morgan fingerprint density at radius 1 is 1.40 bits per heavy atom. The van der Waals surface area contributed by atoms with Crippen molar-refractivity contribution in [3.8, 4) is 5.75 Å². The highest BCUT2D eigenvalue weighted by Gasteiger charge is 2.22. The Morgan fingerprint density at radius 2 is 2.16 bits per heavy atom. The summed E-state index contributed by atoms with van der Waals surface area (Å²) in [6, 6.07) is 8.61. The molecule has 0 amide bonds. The number of para-hydroxylation sites is 1. The van der Waals surface area contributed by atoms with Crippen molar-refractivity contribution in [3.63, 3.8) is 0 Å². The number of halogens is 1. The second-order valence-corrected chi connectivity index (χ2v) is 6.82. The first-order chi connectivity index (χ1) is 11.6. The Morgan fingerprint density at radius 3 is 2.88 bits per heavy atom. The van der Waals surface area contributed by atoms with Gasteiger partial charge in [-0.05, 0) is 37.9 Å². The van der Waals surface area contributed by atoms with Gasteiger partial charge in [0.25, 0.3) is 0 Å². The molecule has 1 aliphatic heterocycles. The largest absolute Gasteiger partial charge is 0.493 e. The summed E-state index contributed by atoms with van der Waals surface area (Å²) in [7, 11) is 0. The van der Waals surface area contributed by atoms with Crippen LogP contribution in [0.3, 0.4) is 0 Å². The maximum atomic E-state index is 6.04. The van der Waals surface area contributed by atoms with Crippen molar-refractivity contribution in [2.75, 3.05) is 26.2 Å². The molecule has 5 nitrogen and oxygen atoms in total. The van der Waals surface area contributed by atoms with Crippen molar-refractivity contribution < 1.29 is 4.74 Å². The molecule has 1 saturated heterocycles. The summed E-state index contributed by atoms with van der Waals surface area (Å²) in [5, 5.41) is 3.27. The third kappa shape index (κ3) is 7.40. The number of nitrogens with two attached hydrogens (primary N) is 1. The predicted octanol–water partition coefficient (Wildman–Crippen LogP) is 3.23. The van der Waals surface area contributed by atoms with E-state index in [1.165, 1.54) is 19.4 Å². The molecule has 1 aromatic rings. The summed E-state index contributed by atoms with van der Waals surface area (Å²) in [6.45, 7) is 10.9. The van der Waals surface area contributed by atoms with Gasteiger partial charge in [-0.2, -0.15) is 0 Å². The number of likely N-dealkylation sites (tertiary alicyclic amines) is 1. The summed E-state index contributed by atoms with van der Waals surface area (Å²) < 4.78 is 5.86. The Balaban J connectivity index is 0.00000312. The van der Waals surface area contributed by atoms with E-state index in [4.69, 9.17) is 10.5 Å². The predicted molar refractivity (Wildman–Crippen MR) is 116 cm³/mol. The van der Waals surface area contributed by atoms with E-state index >= 15 is 0 Å². The molecular formula is C19H33IN4O. The number of nitrogens with one attached hydrogen (secondary N) is 1. The molecule has 0 spiro atoms. The first kappa shape index (κ1) is 22.0. The number of benzene rings is 1. The molecule has 1 aliphatic rings. The Hall–Kier alpha value is -1.02. The minimum Gasteiger partial charge on any atom is -0.493 e. The average molecular weight is 460 g/mol. The van der Waals surface area contributed by atoms with Gasteiger partial charge < -0.3 is 15.8 Å². The van der Waals surface area contributed by atoms with Crippen LogP contribution in [0.25, 0.3) is 0 Å². The number of nitrogens with zero attached hydrogens (tertiary/aromatic N) is 2. The minimum absolute atomic E-state index is 0. The SMILES string of the molecule is CCN1CCCC1CNC(N)=NCc1ccccc1OCC(C)C.I. The van der Waals surface area contributed by atoms with Gasteiger partial charge in [-0.25, -0.2) is 4.99 Å². The van der Waals surface area contributed by atoms with Crippen molar-refractivity contribution >= 4 is 29.9 Å². The van der Waals surface area contributed by atoms with E-state index in [-0.39, 0.29) is 24.0 Å². The molecule has 0 saturated carbocycles. The molecule has 1 fully saturated rings. The molecule has 142 valence electrons. The summed E-state index contributed by atoms with van der Waals surface area (Å²) in [5.41, 5.74) is 7.11. The number of hydrogen-bond donors (Lipinski definition) is 2. The number of ether oxygens (including phenoxy) is 1. The summed E-state index contributed by atoms with van der Waals surface area (Å²) in [6.07, 6.45) is 2.51. The van der Waals surface area contributed by atoms with Gasteiger partial charge in [0, 0.05) is 18.2 Å². The number of likely N-dealkylation sites (N-methyl/N-ethyl adjacent to an activating group) is 1.